The number of ketones is 2. The number of urea groups is 1. The van der Waals surface area contributed by atoms with Gasteiger partial charge in [0.1, 0.15) is 0 Å². The normalized spacial score (nSPS) is 25.8. The Morgan fingerprint density at radius 2 is 1.66 bits per heavy atom. The molecule has 2 N–H and O–H groups in total. The van der Waals surface area contributed by atoms with E-state index in [4.69, 9.17) is 0.594 Å². The van der Waals surface area contributed by atoms with Gasteiger partial charge in [0.2, 0.25) is 0 Å². The third kappa shape index (κ3) is 7.71. The quantitative estimate of drug-likeness (QED) is 0.184. The first-order chi connectivity index (χ1) is 13.7. The molecule has 3 atom stereocenters. The van der Waals surface area contributed by atoms with Crippen molar-refractivity contribution in [3.8, 4) is 0 Å². The minimum atomic E-state index is -3.11. The number of hydrogen-bond donors (Lipinski definition) is 2. The van der Waals surface area contributed by atoms with Gasteiger partial charge in [0, 0.05) is 0 Å². The van der Waals surface area contributed by atoms with Crippen LogP contribution < -0.4 is 30.3 Å². The summed E-state index contributed by atoms with van der Waals surface area (Å²) >= 11 is -1.21. The number of nitrogens with one attached hydrogen (secondary N) is 2. The SMILES string of the molecule is [3H][I-](CC(=O)CCC(=O)CCCCC1SCC2NC(=O)NC21)(C(C)(C)C)C(C)(C)C. The maximum atomic E-state index is 12.6. The van der Waals surface area contributed by atoms with E-state index in [9.17, 15) is 14.4 Å². The number of thioether (sulfide) groups is 1. The summed E-state index contributed by atoms with van der Waals surface area (Å²) in [6, 6.07) is 0.404. The molecule has 2 amide bonds. The molecule has 2 aliphatic heterocycles. The van der Waals surface area contributed by atoms with Crippen molar-refractivity contribution in [2.45, 2.75) is 104 Å². The van der Waals surface area contributed by atoms with Crippen molar-refractivity contribution < 1.29 is 34.0 Å². The summed E-state index contributed by atoms with van der Waals surface area (Å²) < 4.78 is 9.25. The van der Waals surface area contributed by atoms with Gasteiger partial charge in [-0.1, -0.05) is 0 Å². The van der Waals surface area contributed by atoms with Crippen LogP contribution in [0.25, 0.3) is 0 Å². The number of unbranched alkanes of at least 4 members (excludes halogenated alkanes) is 1. The number of amides is 2. The number of rotatable bonds is 10. The van der Waals surface area contributed by atoms with Gasteiger partial charge in [-0.3, -0.25) is 0 Å². The molecule has 2 aliphatic rings. The monoisotopic (exact) mass is 541 g/mol. The summed E-state index contributed by atoms with van der Waals surface area (Å²) in [7, 11) is 0. The van der Waals surface area contributed by atoms with Gasteiger partial charge < -0.3 is 5.32 Å². The molecular formula is C22H40IN2O3S-. The first-order valence-corrected chi connectivity index (χ1v) is 15.5. The second kappa shape index (κ2) is 10.3. The standard InChI is InChI=1S/C22H40IN2O3S/c1-21(2,3)23(22(4,5)6)13-16(27)12-11-15(26)9-7-8-10-18-19-17(14-29-18)24-20(28)25-19/h17-19,23H,7-14H2,1-6H3,(H2,24,25,28)/q-1/i23T. The summed E-state index contributed by atoms with van der Waals surface area (Å²) in [5, 5.41) is 6.38. The van der Waals surface area contributed by atoms with Gasteiger partial charge in [-0.2, -0.15) is 0 Å². The van der Waals surface area contributed by atoms with Gasteiger partial charge in [-0.15, -0.1) is 0 Å². The van der Waals surface area contributed by atoms with Gasteiger partial charge in [-0.05, 0) is 0 Å². The van der Waals surface area contributed by atoms with Crippen molar-refractivity contribution in [1.29, 1.82) is 0.594 Å². The topological polar surface area (TPSA) is 75.3 Å². The summed E-state index contributed by atoms with van der Waals surface area (Å²) in [6.07, 6.45) is 3.93. The second-order valence-electron chi connectivity index (χ2n) is 10.1. The third-order valence-electron chi connectivity index (χ3n) is 5.47. The van der Waals surface area contributed by atoms with Crippen molar-refractivity contribution in [2.75, 3.05) is 10.2 Å². The fourth-order valence-electron chi connectivity index (χ4n) is 4.18. The Balaban J connectivity index is 1.68. The average molecular weight is 542 g/mol. The first kappa shape index (κ1) is 23.4. The van der Waals surface area contributed by atoms with E-state index in [1.165, 1.54) is 0 Å². The zero-order chi connectivity index (χ0) is 22.7. The molecule has 0 aromatic rings. The zero-order valence-electron chi connectivity index (χ0n) is 19.9. The predicted molar refractivity (Wildman–Crippen MR) is 119 cm³/mol. The molecule has 2 rings (SSSR count). The first-order valence-electron chi connectivity index (χ1n) is 11.1. The molecule has 2 saturated heterocycles. The zero-order valence-corrected chi connectivity index (χ0v) is 21.9. The molecule has 0 aliphatic carbocycles. The molecule has 5 nitrogen and oxygen atoms in total. The van der Waals surface area contributed by atoms with Crippen LogP contribution in [-0.4, -0.2) is 52.5 Å². The van der Waals surface area contributed by atoms with Crippen LogP contribution in [0.5, 0.6) is 0 Å². The number of alkyl halides is 3. The Hall–Kier alpha value is -0.310. The van der Waals surface area contributed by atoms with Gasteiger partial charge in [0.15, 0.2) is 0 Å². The molecule has 3 unspecified atom stereocenters. The maximum absolute atomic E-state index is 12.6. The van der Waals surface area contributed by atoms with E-state index in [2.05, 4.69) is 52.2 Å². The van der Waals surface area contributed by atoms with Crippen molar-refractivity contribution >= 4 is 29.4 Å². The van der Waals surface area contributed by atoms with Crippen LogP contribution in [0.4, 0.5) is 4.79 Å². The summed E-state index contributed by atoms with van der Waals surface area (Å²) in [6.45, 7) is 12.6. The number of carbonyl (C=O) groups is 3. The van der Waals surface area contributed by atoms with E-state index < -0.39 is 19.6 Å². The Bertz CT molecular complexity index is 646. The van der Waals surface area contributed by atoms with Gasteiger partial charge in [-0.25, -0.2) is 4.79 Å². The third-order valence-corrected chi connectivity index (χ3v) is 16.4. The summed E-state index contributed by atoms with van der Waals surface area (Å²) in [5.41, 5.74) is 0. The van der Waals surface area contributed by atoms with Crippen LogP contribution in [-0.2, 0) is 9.59 Å². The van der Waals surface area contributed by atoms with Gasteiger partial charge in [0.05, 0.1) is 0 Å². The van der Waals surface area contributed by atoms with Crippen molar-refractivity contribution in [3.05, 3.63) is 0 Å². The number of halogens is 1. The molecule has 2 heterocycles. The molecule has 2 fully saturated rings. The van der Waals surface area contributed by atoms with E-state index in [1.54, 1.807) is 0 Å². The van der Waals surface area contributed by atoms with Crippen molar-refractivity contribution in [3.63, 3.8) is 0 Å². The Morgan fingerprint density at radius 1 is 1.03 bits per heavy atom. The number of carbonyl (C=O) groups excluding carboxylic acids is 3. The molecule has 7 heteroatoms. The van der Waals surface area contributed by atoms with E-state index >= 15 is 0 Å². The number of Topliss-reactive ketones (excluding diaryl/α,β-unsaturated/α-hetero) is 2. The molecule has 0 aromatic carbocycles. The molecule has 0 bridgehead atoms. The van der Waals surface area contributed by atoms with E-state index in [1.807, 2.05) is 11.8 Å². The average Bonchev–Trinajstić information content (AvgIpc) is 3.14. The summed E-state index contributed by atoms with van der Waals surface area (Å²) in [4.78, 5) is 36.3. The molecule has 0 radical (unpaired) electrons. The molecule has 0 spiro atoms. The number of fused-ring (bicyclic) bond motifs is 1. The van der Waals surface area contributed by atoms with Crippen LogP contribution in [0, 0.1) is 0 Å². The number of hydrogen-bond acceptors (Lipinski definition) is 4. The van der Waals surface area contributed by atoms with Gasteiger partial charge in [0.25, 0.3) is 0 Å². The molecule has 0 aromatic heterocycles. The Morgan fingerprint density at radius 3 is 2.28 bits per heavy atom. The molecular weight excluding hydrogens is 499 g/mol. The summed E-state index contributed by atoms with van der Waals surface area (Å²) in [5.74, 6) is 1.21. The van der Waals surface area contributed by atoms with Crippen molar-refractivity contribution in [2.24, 2.45) is 0 Å². The second-order valence-corrected chi connectivity index (χ2v) is 20.6. The van der Waals surface area contributed by atoms with E-state index in [-0.39, 0.29) is 42.9 Å². The molecule has 170 valence electrons. The van der Waals surface area contributed by atoms with Crippen LogP contribution in [0.15, 0.2) is 0 Å². The predicted octanol–water partition coefficient (Wildman–Crippen LogP) is 0.585. The Kier molecular flexibility index (Phi) is 8.32. The molecule has 29 heavy (non-hydrogen) atoms. The van der Waals surface area contributed by atoms with Crippen molar-refractivity contribution in [1.82, 2.24) is 10.6 Å². The Labute approximate surface area is 188 Å². The van der Waals surface area contributed by atoms with Crippen LogP contribution in [0.1, 0.15) is 80.1 Å². The van der Waals surface area contributed by atoms with E-state index in [0.717, 1.165) is 25.0 Å². The van der Waals surface area contributed by atoms with Crippen LogP contribution in [0.2, 0.25) is 0 Å². The minimum absolute atomic E-state index is 0.0614. The van der Waals surface area contributed by atoms with Crippen LogP contribution >= 0.6 is 11.8 Å². The van der Waals surface area contributed by atoms with Crippen LogP contribution in [0.3, 0.4) is 0 Å². The van der Waals surface area contributed by atoms with Gasteiger partial charge >= 0.3 is 179 Å². The fourth-order valence-corrected chi connectivity index (χ4v) is 14.1. The fraction of sp³-hybridized carbons (Fsp3) is 0.864. The molecule has 0 saturated carbocycles. The van der Waals surface area contributed by atoms with E-state index in [0.29, 0.717) is 22.5 Å².